The van der Waals surface area contributed by atoms with Crippen LogP contribution in [0.1, 0.15) is 13.8 Å². The van der Waals surface area contributed by atoms with E-state index in [1.54, 1.807) is 12.1 Å². The summed E-state index contributed by atoms with van der Waals surface area (Å²) in [6.07, 6.45) is 0. The topological polar surface area (TPSA) is 44.5 Å². The molecule has 0 saturated heterocycles. The van der Waals surface area contributed by atoms with Crippen molar-refractivity contribution in [3.05, 3.63) is 21.6 Å². The second kappa shape index (κ2) is 7.09. The molecule has 0 amide bonds. The molecule has 0 aliphatic rings. The molecule has 0 atom stereocenters. The van der Waals surface area contributed by atoms with Gasteiger partial charge < -0.3 is 15.2 Å². The molecule has 1 aromatic rings. The Hall–Kier alpha value is -0.450. The molecule has 0 radical (unpaired) electrons. The summed E-state index contributed by atoms with van der Waals surface area (Å²) in [5.74, 6) is 1.14. The minimum absolute atomic E-state index is 0.469. The lowest BCUT2D eigenvalue weighted by molar-refractivity contribution is 0.0819. The number of hydrogen-bond donors (Lipinski definition) is 1. The molecule has 17 heavy (non-hydrogen) atoms. The number of hydrogen-bond acceptors (Lipinski definition) is 3. The molecule has 0 bridgehead atoms. The normalized spacial score (nSPS) is 10.9. The van der Waals surface area contributed by atoms with Crippen LogP contribution in [-0.4, -0.2) is 19.8 Å². The standard InChI is InChI=1S/C12H17BrClNO2/c1-8(2)7-16-3-4-17-12-10(13)5-9(14)6-11(12)15/h5-6,8H,3-4,7,15H2,1-2H3. The van der Waals surface area contributed by atoms with Crippen LogP contribution < -0.4 is 10.5 Å². The summed E-state index contributed by atoms with van der Waals surface area (Å²) in [5.41, 5.74) is 6.33. The lowest BCUT2D eigenvalue weighted by Gasteiger charge is -2.12. The molecular weight excluding hydrogens is 305 g/mol. The molecule has 2 N–H and O–H groups in total. The van der Waals surface area contributed by atoms with Crippen molar-refractivity contribution in [1.82, 2.24) is 0 Å². The van der Waals surface area contributed by atoms with Crippen LogP contribution in [0.3, 0.4) is 0 Å². The predicted molar refractivity (Wildman–Crippen MR) is 74.7 cm³/mol. The Bertz CT molecular complexity index is 349. The second-order valence-electron chi connectivity index (χ2n) is 4.12. The molecule has 0 unspecified atom stereocenters. The van der Waals surface area contributed by atoms with E-state index >= 15 is 0 Å². The average Bonchev–Trinajstić information content (AvgIpc) is 2.20. The molecule has 96 valence electrons. The Morgan fingerprint density at radius 2 is 2.06 bits per heavy atom. The Balaban J connectivity index is 2.42. The van der Waals surface area contributed by atoms with Crippen molar-refractivity contribution in [2.45, 2.75) is 13.8 Å². The minimum Gasteiger partial charge on any atom is -0.488 e. The monoisotopic (exact) mass is 321 g/mol. The quantitative estimate of drug-likeness (QED) is 0.641. The molecule has 0 aromatic heterocycles. The fourth-order valence-electron chi connectivity index (χ4n) is 1.25. The third-order valence-corrected chi connectivity index (χ3v) is 2.77. The van der Waals surface area contributed by atoms with E-state index < -0.39 is 0 Å². The number of ether oxygens (including phenoxy) is 2. The molecule has 0 aliphatic carbocycles. The summed E-state index contributed by atoms with van der Waals surface area (Å²) >= 11 is 9.21. The molecular formula is C12H17BrClNO2. The SMILES string of the molecule is CC(C)COCCOc1c(N)cc(Cl)cc1Br. The third kappa shape index (κ3) is 5.15. The van der Waals surface area contributed by atoms with Gasteiger partial charge in [-0.2, -0.15) is 0 Å². The van der Waals surface area contributed by atoms with E-state index in [1.807, 2.05) is 0 Å². The summed E-state index contributed by atoms with van der Waals surface area (Å²) in [6.45, 7) is 5.97. The van der Waals surface area contributed by atoms with Gasteiger partial charge in [0.15, 0.2) is 5.75 Å². The average molecular weight is 323 g/mol. The maximum Gasteiger partial charge on any atom is 0.156 e. The van der Waals surface area contributed by atoms with Crippen LogP contribution in [0.2, 0.25) is 5.02 Å². The zero-order valence-electron chi connectivity index (χ0n) is 10.0. The fourth-order valence-corrected chi connectivity index (χ4v) is 2.20. The largest absolute Gasteiger partial charge is 0.488 e. The van der Waals surface area contributed by atoms with Gasteiger partial charge in [-0.3, -0.25) is 0 Å². The zero-order chi connectivity index (χ0) is 12.8. The van der Waals surface area contributed by atoms with Crippen molar-refractivity contribution >= 4 is 33.2 Å². The predicted octanol–water partition coefficient (Wildman–Crippen LogP) is 3.74. The molecule has 0 fully saturated rings. The molecule has 5 heteroatoms. The molecule has 3 nitrogen and oxygen atoms in total. The van der Waals surface area contributed by atoms with Gasteiger partial charge >= 0.3 is 0 Å². The Kier molecular flexibility index (Phi) is 6.09. The van der Waals surface area contributed by atoms with E-state index in [2.05, 4.69) is 29.8 Å². The molecule has 0 aliphatic heterocycles. The van der Waals surface area contributed by atoms with Gasteiger partial charge in [0.25, 0.3) is 0 Å². The van der Waals surface area contributed by atoms with Gasteiger partial charge in [-0.05, 0) is 34.0 Å². The van der Waals surface area contributed by atoms with Crippen LogP contribution >= 0.6 is 27.5 Å². The summed E-state index contributed by atoms with van der Waals surface area (Å²) in [4.78, 5) is 0. The van der Waals surface area contributed by atoms with Gasteiger partial charge in [0, 0.05) is 11.6 Å². The molecule has 0 saturated carbocycles. The van der Waals surface area contributed by atoms with Crippen LogP contribution in [0.4, 0.5) is 5.69 Å². The van der Waals surface area contributed by atoms with E-state index in [0.29, 0.717) is 35.6 Å². The number of halogens is 2. The van der Waals surface area contributed by atoms with Gasteiger partial charge in [-0.1, -0.05) is 25.4 Å². The first-order valence-electron chi connectivity index (χ1n) is 5.45. The lowest BCUT2D eigenvalue weighted by atomic mass is 10.2. The summed E-state index contributed by atoms with van der Waals surface area (Å²) in [5, 5.41) is 0.581. The van der Waals surface area contributed by atoms with Crippen LogP contribution in [0.5, 0.6) is 5.75 Å². The van der Waals surface area contributed by atoms with Crippen molar-refractivity contribution in [2.75, 3.05) is 25.6 Å². The lowest BCUT2D eigenvalue weighted by Crippen LogP contribution is -2.11. The van der Waals surface area contributed by atoms with Gasteiger partial charge in [-0.15, -0.1) is 0 Å². The Morgan fingerprint density at radius 3 is 2.65 bits per heavy atom. The number of nitrogen functional groups attached to an aromatic ring is 1. The van der Waals surface area contributed by atoms with Crippen LogP contribution in [0, 0.1) is 5.92 Å². The van der Waals surface area contributed by atoms with Crippen molar-refractivity contribution in [3.63, 3.8) is 0 Å². The number of anilines is 1. The van der Waals surface area contributed by atoms with Gasteiger partial charge in [-0.25, -0.2) is 0 Å². The molecule has 1 aromatic carbocycles. The molecule has 0 spiro atoms. The number of benzene rings is 1. The highest BCUT2D eigenvalue weighted by Crippen LogP contribution is 2.34. The summed E-state index contributed by atoms with van der Waals surface area (Å²) < 4.78 is 11.7. The third-order valence-electron chi connectivity index (χ3n) is 1.96. The van der Waals surface area contributed by atoms with Crippen molar-refractivity contribution in [1.29, 1.82) is 0 Å². The summed E-state index contributed by atoms with van der Waals surface area (Å²) in [7, 11) is 0. The minimum atomic E-state index is 0.469. The van der Waals surface area contributed by atoms with Crippen molar-refractivity contribution in [2.24, 2.45) is 5.92 Å². The summed E-state index contributed by atoms with van der Waals surface area (Å²) in [6, 6.07) is 3.42. The first kappa shape index (κ1) is 14.6. The number of rotatable bonds is 6. The van der Waals surface area contributed by atoms with E-state index in [4.69, 9.17) is 26.8 Å². The van der Waals surface area contributed by atoms with E-state index in [0.717, 1.165) is 11.1 Å². The van der Waals surface area contributed by atoms with Gasteiger partial charge in [0.2, 0.25) is 0 Å². The van der Waals surface area contributed by atoms with Crippen LogP contribution in [0.25, 0.3) is 0 Å². The number of nitrogens with two attached hydrogens (primary N) is 1. The molecule has 0 heterocycles. The zero-order valence-corrected chi connectivity index (χ0v) is 12.3. The maximum atomic E-state index is 5.85. The van der Waals surface area contributed by atoms with Crippen molar-refractivity contribution in [3.8, 4) is 5.75 Å². The van der Waals surface area contributed by atoms with Crippen molar-refractivity contribution < 1.29 is 9.47 Å². The second-order valence-corrected chi connectivity index (χ2v) is 5.41. The smallest absolute Gasteiger partial charge is 0.156 e. The highest BCUT2D eigenvalue weighted by molar-refractivity contribution is 9.10. The highest BCUT2D eigenvalue weighted by atomic mass is 79.9. The Morgan fingerprint density at radius 1 is 1.35 bits per heavy atom. The first-order chi connectivity index (χ1) is 8.00. The van der Waals surface area contributed by atoms with Gasteiger partial charge in [0.05, 0.1) is 16.8 Å². The fraction of sp³-hybridized carbons (Fsp3) is 0.500. The van der Waals surface area contributed by atoms with E-state index in [-0.39, 0.29) is 0 Å². The van der Waals surface area contributed by atoms with E-state index in [1.165, 1.54) is 0 Å². The Labute approximate surface area is 115 Å². The van der Waals surface area contributed by atoms with E-state index in [9.17, 15) is 0 Å². The first-order valence-corrected chi connectivity index (χ1v) is 6.63. The highest BCUT2D eigenvalue weighted by Gasteiger charge is 2.07. The molecule has 1 rings (SSSR count). The van der Waals surface area contributed by atoms with Crippen LogP contribution in [-0.2, 0) is 4.74 Å². The van der Waals surface area contributed by atoms with Gasteiger partial charge in [0.1, 0.15) is 6.61 Å². The maximum absolute atomic E-state index is 5.85. The van der Waals surface area contributed by atoms with Crippen LogP contribution in [0.15, 0.2) is 16.6 Å².